The predicted molar refractivity (Wildman–Crippen MR) is 309 cm³/mol. The molecule has 368 valence electrons. The van der Waals surface area contributed by atoms with Gasteiger partial charge in [-0.05, 0) is 161 Å². The molecule has 9 aromatic rings. The number of rotatable bonds is 15. The van der Waals surface area contributed by atoms with E-state index in [4.69, 9.17) is 0 Å². The quantitative estimate of drug-likeness (QED) is 0.0954. The fourth-order valence-corrected chi connectivity index (χ4v) is 10.3. The van der Waals surface area contributed by atoms with Crippen LogP contribution in [0.3, 0.4) is 0 Å². The first-order chi connectivity index (χ1) is 36.4. The first kappa shape index (κ1) is 49.4. The SMILES string of the molecule is CC1=CC=CCC1N(c1cccc(C(=O)c2cc(C(=O)c3cccc(N(c4ccccc4C)c4ccccc4C)c3)cc(C(=O)c3cccc(N(c4ccccc4C)c4ccccc4C)c3)c2)c1)c1ccccc1C. The van der Waals surface area contributed by atoms with Gasteiger partial charge in [-0.25, -0.2) is 0 Å². The van der Waals surface area contributed by atoms with Gasteiger partial charge in [0.05, 0.1) is 6.04 Å². The van der Waals surface area contributed by atoms with Crippen LogP contribution in [0.25, 0.3) is 0 Å². The van der Waals surface area contributed by atoms with Crippen molar-refractivity contribution < 1.29 is 14.4 Å². The average molecular weight is 978 g/mol. The average Bonchev–Trinajstić information content (AvgIpc) is 3.44. The number of carbonyl (C=O) groups is 3. The van der Waals surface area contributed by atoms with Crippen molar-refractivity contribution in [2.24, 2.45) is 0 Å². The number of benzene rings is 9. The highest BCUT2D eigenvalue weighted by Crippen LogP contribution is 2.41. The van der Waals surface area contributed by atoms with Gasteiger partial charge in [0.2, 0.25) is 0 Å². The van der Waals surface area contributed by atoms with Gasteiger partial charge in [0, 0.05) is 78.9 Å². The van der Waals surface area contributed by atoms with Gasteiger partial charge in [-0.2, -0.15) is 0 Å². The monoisotopic (exact) mass is 977 g/mol. The molecule has 1 atom stereocenters. The van der Waals surface area contributed by atoms with E-state index in [9.17, 15) is 0 Å². The Balaban J connectivity index is 1.10. The van der Waals surface area contributed by atoms with Gasteiger partial charge < -0.3 is 14.7 Å². The molecule has 0 saturated carbocycles. The number of carbonyl (C=O) groups excluding carboxylic acids is 3. The van der Waals surface area contributed by atoms with Crippen LogP contribution in [-0.2, 0) is 0 Å². The predicted octanol–water partition coefficient (Wildman–Crippen LogP) is 17.3. The van der Waals surface area contributed by atoms with Gasteiger partial charge in [0.25, 0.3) is 0 Å². The molecule has 1 unspecified atom stereocenters. The maximum atomic E-state index is 15.3. The summed E-state index contributed by atoms with van der Waals surface area (Å²) in [6, 6.07) is 68.9. The minimum absolute atomic E-state index is 0.0261. The van der Waals surface area contributed by atoms with Gasteiger partial charge in [0.15, 0.2) is 17.3 Å². The largest absolute Gasteiger partial charge is 0.334 e. The molecule has 0 spiro atoms. The zero-order valence-electron chi connectivity index (χ0n) is 43.3. The Morgan fingerprint density at radius 2 is 0.667 bits per heavy atom. The number of hydrogen-bond acceptors (Lipinski definition) is 6. The highest BCUT2D eigenvalue weighted by molar-refractivity contribution is 6.18. The zero-order chi connectivity index (χ0) is 52.2. The van der Waals surface area contributed by atoms with Crippen LogP contribution in [0.4, 0.5) is 45.5 Å². The normalized spacial score (nSPS) is 12.9. The highest BCUT2D eigenvalue weighted by atomic mass is 16.1. The van der Waals surface area contributed by atoms with Crippen molar-refractivity contribution in [1.82, 2.24) is 0 Å². The second-order valence-corrected chi connectivity index (χ2v) is 19.5. The van der Waals surface area contributed by atoms with E-state index in [0.717, 1.165) is 79.7 Å². The first-order valence-corrected chi connectivity index (χ1v) is 25.6. The molecule has 9 aromatic carbocycles. The molecular formula is C69H59N3O3. The van der Waals surface area contributed by atoms with Crippen molar-refractivity contribution in [1.29, 1.82) is 0 Å². The van der Waals surface area contributed by atoms with Gasteiger partial charge in [0.1, 0.15) is 0 Å². The van der Waals surface area contributed by atoms with E-state index in [0.29, 0.717) is 16.7 Å². The lowest BCUT2D eigenvalue weighted by atomic mass is 9.91. The Morgan fingerprint density at radius 1 is 0.347 bits per heavy atom. The number of para-hydroxylation sites is 5. The zero-order valence-corrected chi connectivity index (χ0v) is 43.3. The molecule has 10 rings (SSSR count). The molecule has 0 heterocycles. The molecule has 0 N–H and O–H groups in total. The van der Waals surface area contributed by atoms with E-state index in [1.165, 1.54) is 5.57 Å². The van der Waals surface area contributed by atoms with Gasteiger partial charge in [-0.15, -0.1) is 0 Å². The van der Waals surface area contributed by atoms with Crippen molar-refractivity contribution in [3.05, 3.63) is 297 Å². The molecule has 0 bridgehead atoms. The molecule has 75 heavy (non-hydrogen) atoms. The van der Waals surface area contributed by atoms with Gasteiger partial charge in [-0.1, -0.05) is 151 Å². The van der Waals surface area contributed by atoms with E-state index in [2.05, 4.69) is 135 Å². The van der Waals surface area contributed by atoms with Crippen LogP contribution in [0, 0.1) is 34.6 Å². The maximum Gasteiger partial charge on any atom is 0.193 e. The molecule has 0 amide bonds. The van der Waals surface area contributed by atoms with Gasteiger partial charge >= 0.3 is 0 Å². The van der Waals surface area contributed by atoms with Crippen molar-refractivity contribution >= 4 is 62.8 Å². The lowest BCUT2D eigenvalue weighted by molar-refractivity contribution is 0.103. The summed E-state index contributed by atoms with van der Waals surface area (Å²) in [5.41, 5.74) is 16.0. The van der Waals surface area contributed by atoms with E-state index >= 15 is 14.4 Å². The second kappa shape index (κ2) is 21.5. The molecule has 1 aliphatic rings. The Morgan fingerprint density at radius 3 is 1.01 bits per heavy atom. The van der Waals surface area contributed by atoms with Crippen LogP contribution in [0.2, 0.25) is 0 Å². The van der Waals surface area contributed by atoms with Crippen LogP contribution in [-0.4, -0.2) is 23.4 Å². The topological polar surface area (TPSA) is 60.9 Å². The van der Waals surface area contributed by atoms with E-state index in [1.807, 2.05) is 121 Å². The van der Waals surface area contributed by atoms with Crippen LogP contribution in [0.15, 0.2) is 236 Å². The third-order valence-corrected chi connectivity index (χ3v) is 14.3. The smallest absolute Gasteiger partial charge is 0.193 e. The van der Waals surface area contributed by atoms with Crippen molar-refractivity contribution in [3.8, 4) is 0 Å². The minimum Gasteiger partial charge on any atom is -0.334 e. The van der Waals surface area contributed by atoms with Crippen molar-refractivity contribution in [2.45, 2.75) is 54.0 Å². The van der Waals surface area contributed by atoms with Crippen molar-refractivity contribution in [3.63, 3.8) is 0 Å². The minimum atomic E-state index is -0.318. The summed E-state index contributed by atoms with van der Waals surface area (Å²) in [6.07, 6.45) is 7.22. The molecule has 0 saturated heterocycles. The molecular weight excluding hydrogens is 919 g/mol. The first-order valence-electron chi connectivity index (χ1n) is 25.6. The number of ketones is 3. The fourth-order valence-electron chi connectivity index (χ4n) is 10.3. The molecule has 6 heteroatoms. The van der Waals surface area contributed by atoms with Gasteiger partial charge in [-0.3, -0.25) is 14.4 Å². The summed E-state index contributed by atoms with van der Waals surface area (Å²) in [5.74, 6) is -0.943. The molecule has 0 radical (unpaired) electrons. The Bertz CT molecular complexity index is 3450. The lowest BCUT2D eigenvalue weighted by Gasteiger charge is -2.36. The molecule has 0 aromatic heterocycles. The van der Waals surface area contributed by atoms with Crippen LogP contribution in [0.5, 0.6) is 0 Å². The molecule has 0 aliphatic heterocycles. The Labute approximate surface area is 441 Å². The second-order valence-electron chi connectivity index (χ2n) is 19.5. The van der Waals surface area contributed by atoms with Crippen LogP contribution in [0.1, 0.15) is 88.9 Å². The maximum absolute atomic E-state index is 15.3. The lowest BCUT2D eigenvalue weighted by Crippen LogP contribution is -2.33. The Hall–Kier alpha value is -9.13. The van der Waals surface area contributed by atoms with E-state index < -0.39 is 0 Å². The number of anilines is 8. The summed E-state index contributed by atoms with van der Waals surface area (Å²) in [6.45, 7) is 12.6. The standard InChI is InChI=1S/C69H59N3O3/c1-46-22-7-13-34-61(46)70(62-35-14-8-23-47(62)2)58-31-19-28-52(43-58)67(73)55-40-56(68(74)53-29-20-32-59(44-53)71(63-36-15-9-24-48(63)3)64-37-16-10-25-49(64)4)42-57(41-55)69(75)54-30-21-33-60(45-54)72(65-38-17-11-26-50(65)5)66-39-18-12-27-51(66)6/h7-38,40-45,66H,39H2,1-6H3. The van der Waals surface area contributed by atoms with E-state index in [-0.39, 0.29) is 40.1 Å². The van der Waals surface area contributed by atoms with Crippen LogP contribution < -0.4 is 14.7 Å². The molecule has 0 fully saturated rings. The summed E-state index contributed by atoms with van der Waals surface area (Å²) >= 11 is 0. The highest BCUT2D eigenvalue weighted by Gasteiger charge is 2.27. The summed E-state index contributed by atoms with van der Waals surface area (Å²) < 4.78 is 0. The third-order valence-electron chi connectivity index (χ3n) is 14.3. The number of allylic oxidation sites excluding steroid dienone is 2. The summed E-state index contributed by atoms with van der Waals surface area (Å²) in [7, 11) is 0. The summed E-state index contributed by atoms with van der Waals surface area (Å²) in [4.78, 5) is 52.4. The van der Waals surface area contributed by atoms with Crippen molar-refractivity contribution in [2.75, 3.05) is 14.7 Å². The number of hydrogen-bond donors (Lipinski definition) is 0. The third kappa shape index (κ3) is 10.2. The molecule has 1 aliphatic carbocycles. The number of nitrogens with zero attached hydrogens (tertiary/aromatic N) is 3. The molecule has 6 nitrogen and oxygen atoms in total. The number of aryl methyl sites for hydroxylation is 5. The van der Waals surface area contributed by atoms with Crippen LogP contribution >= 0.6 is 0 Å². The Kier molecular flexibility index (Phi) is 14.2. The summed E-state index contributed by atoms with van der Waals surface area (Å²) in [5, 5.41) is 0. The fraction of sp³-hybridized carbons (Fsp3) is 0.116. The van der Waals surface area contributed by atoms with E-state index in [1.54, 1.807) is 30.3 Å².